The quantitative estimate of drug-likeness (QED) is 0.760. The van der Waals surface area contributed by atoms with Gasteiger partial charge in [-0.05, 0) is 42.5 Å². The molecule has 2 aromatic heterocycles. The van der Waals surface area contributed by atoms with Crippen LogP contribution in [-0.4, -0.2) is 36.1 Å². The van der Waals surface area contributed by atoms with E-state index in [1.54, 1.807) is 12.5 Å². The van der Waals surface area contributed by atoms with Crippen LogP contribution in [0.1, 0.15) is 5.76 Å². The van der Waals surface area contributed by atoms with E-state index in [9.17, 15) is 4.39 Å². The number of nitrogens with zero attached hydrogens (tertiary/aromatic N) is 4. The van der Waals surface area contributed by atoms with Gasteiger partial charge < -0.3 is 19.5 Å². The van der Waals surface area contributed by atoms with Crippen molar-refractivity contribution in [1.29, 1.82) is 0 Å². The first-order valence-corrected chi connectivity index (χ1v) is 8.63. The van der Waals surface area contributed by atoms with Gasteiger partial charge in [0.15, 0.2) is 0 Å². The van der Waals surface area contributed by atoms with Gasteiger partial charge in [0, 0.05) is 38.1 Å². The summed E-state index contributed by atoms with van der Waals surface area (Å²) in [6, 6.07) is 12.3. The number of halogens is 1. The molecule has 0 radical (unpaired) electrons. The van der Waals surface area contributed by atoms with E-state index in [0.29, 0.717) is 12.5 Å². The third-order valence-electron chi connectivity index (χ3n) is 4.44. The number of rotatable bonds is 5. The Hall–Kier alpha value is -3.09. The van der Waals surface area contributed by atoms with Crippen LogP contribution in [-0.2, 0) is 6.54 Å². The van der Waals surface area contributed by atoms with Crippen molar-refractivity contribution in [2.24, 2.45) is 0 Å². The molecule has 0 aliphatic carbocycles. The summed E-state index contributed by atoms with van der Waals surface area (Å²) in [6.45, 7) is 3.99. The summed E-state index contributed by atoms with van der Waals surface area (Å²) in [5.41, 5.74) is 1.05. The zero-order valence-electron chi connectivity index (χ0n) is 14.3. The van der Waals surface area contributed by atoms with Crippen molar-refractivity contribution >= 4 is 17.5 Å². The van der Waals surface area contributed by atoms with Crippen LogP contribution in [0.15, 0.2) is 59.3 Å². The molecule has 1 aliphatic heterocycles. The lowest BCUT2D eigenvalue weighted by Crippen LogP contribution is -2.46. The number of furan rings is 1. The zero-order chi connectivity index (χ0) is 17.8. The molecule has 134 valence electrons. The van der Waals surface area contributed by atoms with E-state index in [4.69, 9.17) is 4.42 Å². The fourth-order valence-electron chi connectivity index (χ4n) is 3.04. The Morgan fingerprint density at radius 3 is 2.50 bits per heavy atom. The molecule has 7 heteroatoms. The zero-order valence-corrected chi connectivity index (χ0v) is 14.3. The molecule has 0 bridgehead atoms. The van der Waals surface area contributed by atoms with Crippen LogP contribution < -0.4 is 15.1 Å². The molecule has 26 heavy (non-hydrogen) atoms. The predicted molar refractivity (Wildman–Crippen MR) is 98.9 cm³/mol. The second kappa shape index (κ2) is 7.43. The lowest BCUT2D eigenvalue weighted by atomic mass is 10.2. The van der Waals surface area contributed by atoms with Crippen molar-refractivity contribution in [3.8, 4) is 0 Å². The van der Waals surface area contributed by atoms with Gasteiger partial charge in [0.1, 0.15) is 17.4 Å². The standard InChI is InChI=1S/C19H20FN5O/c20-15-3-5-16(6-4-15)24-9-11-25(12-10-24)18-7-8-21-19(23-18)22-14-17-2-1-13-26-17/h1-8,13H,9-12,14H2,(H,21,22,23). The van der Waals surface area contributed by atoms with Gasteiger partial charge in [-0.25, -0.2) is 9.37 Å². The van der Waals surface area contributed by atoms with E-state index in [2.05, 4.69) is 25.1 Å². The molecular formula is C19H20FN5O. The summed E-state index contributed by atoms with van der Waals surface area (Å²) in [5, 5.41) is 3.18. The Kier molecular flexibility index (Phi) is 4.68. The van der Waals surface area contributed by atoms with Crippen LogP contribution in [0, 0.1) is 5.82 Å². The van der Waals surface area contributed by atoms with Crippen molar-refractivity contribution in [2.75, 3.05) is 41.3 Å². The van der Waals surface area contributed by atoms with Crippen LogP contribution in [0.3, 0.4) is 0 Å². The van der Waals surface area contributed by atoms with Crippen molar-refractivity contribution in [1.82, 2.24) is 9.97 Å². The molecule has 0 saturated carbocycles. The van der Waals surface area contributed by atoms with Gasteiger partial charge in [-0.2, -0.15) is 4.98 Å². The van der Waals surface area contributed by atoms with E-state index in [1.807, 2.05) is 30.3 Å². The topological polar surface area (TPSA) is 57.4 Å². The monoisotopic (exact) mass is 353 g/mol. The first kappa shape index (κ1) is 16.4. The Morgan fingerprint density at radius 1 is 1.00 bits per heavy atom. The summed E-state index contributed by atoms with van der Waals surface area (Å²) in [6.07, 6.45) is 3.41. The number of hydrogen-bond donors (Lipinski definition) is 1. The molecule has 1 aliphatic rings. The van der Waals surface area contributed by atoms with Crippen LogP contribution in [0.5, 0.6) is 0 Å². The molecular weight excluding hydrogens is 333 g/mol. The summed E-state index contributed by atoms with van der Waals surface area (Å²) >= 11 is 0. The highest BCUT2D eigenvalue weighted by Crippen LogP contribution is 2.20. The molecule has 1 fully saturated rings. The van der Waals surface area contributed by atoms with Crippen LogP contribution in [0.25, 0.3) is 0 Å². The van der Waals surface area contributed by atoms with Gasteiger partial charge in [-0.15, -0.1) is 0 Å². The van der Waals surface area contributed by atoms with Crippen LogP contribution in [0.4, 0.5) is 21.8 Å². The molecule has 3 aromatic rings. The lowest BCUT2D eigenvalue weighted by Gasteiger charge is -2.36. The van der Waals surface area contributed by atoms with Gasteiger partial charge in [0.2, 0.25) is 5.95 Å². The highest BCUT2D eigenvalue weighted by Gasteiger charge is 2.18. The molecule has 1 N–H and O–H groups in total. The molecule has 0 amide bonds. The smallest absolute Gasteiger partial charge is 0.224 e. The van der Waals surface area contributed by atoms with Crippen molar-refractivity contribution in [3.63, 3.8) is 0 Å². The van der Waals surface area contributed by atoms with Crippen molar-refractivity contribution in [3.05, 3.63) is 66.5 Å². The fraction of sp³-hybridized carbons (Fsp3) is 0.263. The van der Waals surface area contributed by atoms with Gasteiger partial charge in [0.25, 0.3) is 0 Å². The minimum atomic E-state index is -0.206. The normalized spacial score (nSPS) is 14.5. The first-order valence-electron chi connectivity index (χ1n) is 8.63. The average molecular weight is 353 g/mol. The fourth-order valence-corrected chi connectivity index (χ4v) is 3.04. The Labute approximate surface area is 151 Å². The van der Waals surface area contributed by atoms with E-state index in [1.165, 1.54) is 12.1 Å². The molecule has 0 unspecified atom stereocenters. The second-order valence-electron chi connectivity index (χ2n) is 6.12. The number of aromatic nitrogens is 2. The summed E-state index contributed by atoms with van der Waals surface area (Å²) in [5.74, 6) is 2.12. The number of piperazine rings is 1. The number of hydrogen-bond acceptors (Lipinski definition) is 6. The number of anilines is 3. The maximum atomic E-state index is 13.1. The number of nitrogens with one attached hydrogen (secondary N) is 1. The van der Waals surface area contributed by atoms with Crippen molar-refractivity contribution < 1.29 is 8.81 Å². The van der Waals surface area contributed by atoms with Gasteiger partial charge in [0.05, 0.1) is 12.8 Å². The van der Waals surface area contributed by atoms with E-state index < -0.39 is 0 Å². The van der Waals surface area contributed by atoms with E-state index in [0.717, 1.165) is 43.4 Å². The minimum Gasteiger partial charge on any atom is -0.467 e. The van der Waals surface area contributed by atoms with Gasteiger partial charge >= 0.3 is 0 Å². The van der Waals surface area contributed by atoms with Gasteiger partial charge in [-0.1, -0.05) is 0 Å². The largest absolute Gasteiger partial charge is 0.467 e. The molecule has 1 saturated heterocycles. The Bertz CT molecular complexity index is 829. The highest BCUT2D eigenvalue weighted by molar-refractivity contribution is 5.50. The second-order valence-corrected chi connectivity index (χ2v) is 6.12. The Morgan fingerprint density at radius 2 is 1.77 bits per heavy atom. The summed E-state index contributed by atoms with van der Waals surface area (Å²) < 4.78 is 18.4. The molecule has 6 nitrogen and oxygen atoms in total. The van der Waals surface area contributed by atoms with Crippen LogP contribution in [0.2, 0.25) is 0 Å². The molecule has 4 rings (SSSR count). The minimum absolute atomic E-state index is 0.206. The number of benzene rings is 1. The molecule has 1 aromatic carbocycles. The maximum absolute atomic E-state index is 13.1. The van der Waals surface area contributed by atoms with E-state index >= 15 is 0 Å². The van der Waals surface area contributed by atoms with Gasteiger partial charge in [-0.3, -0.25) is 0 Å². The average Bonchev–Trinajstić information content (AvgIpc) is 3.21. The first-order chi connectivity index (χ1) is 12.8. The Balaban J connectivity index is 1.36. The third kappa shape index (κ3) is 3.77. The van der Waals surface area contributed by atoms with Crippen LogP contribution >= 0.6 is 0 Å². The lowest BCUT2D eigenvalue weighted by molar-refractivity contribution is 0.517. The molecule has 0 spiro atoms. The van der Waals surface area contributed by atoms with E-state index in [-0.39, 0.29) is 5.82 Å². The molecule has 3 heterocycles. The van der Waals surface area contributed by atoms with Crippen molar-refractivity contribution in [2.45, 2.75) is 6.54 Å². The predicted octanol–water partition coefficient (Wildman–Crippen LogP) is 3.15. The SMILES string of the molecule is Fc1ccc(N2CCN(c3ccnc(NCc4ccco4)n3)CC2)cc1. The highest BCUT2D eigenvalue weighted by atomic mass is 19.1. The maximum Gasteiger partial charge on any atom is 0.224 e. The molecule has 0 atom stereocenters. The summed E-state index contributed by atoms with van der Waals surface area (Å²) in [4.78, 5) is 13.4. The third-order valence-corrected chi connectivity index (χ3v) is 4.44. The summed E-state index contributed by atoms with van der Waals surface area (Å²) in [7, 11) is 0.